The first kappa shape index (κ1) is 16.7. The normalized spacial score (nSPS) is 17.1. The molecule has 1 aromatic heterocycles. The Morgan fingerprint density at radius 3 is 2.88 bits per heavy atom. The largest absolute Gasteiger partial charge is 0.372 e. The zero-order chi connectivity index (χ0) is 16.9. The van der Waals surface area contributed by atoms with Gasteiger partial charge in [0.1, 0.15) is 5.82 Å². The monoisotopic (exact) mass is 344 g/mol. The molecule has 1 aromatic carbocycles. The SMILES string of the molecule is CNc1cncc([C@H]2CCCN2C(=O)CCc2ccc(Cl)cc2)n1. The molecule has 0 aliphatic carbocycles. The molecular formula is C18H21ClN4O. The Morgan fingerprint density at radius 2 is 2.12 bits per heavy atom. The molecule has 0 unspecified atom stereocenters. The van der Waals surface area contributed by atoms with Crippen LogP contribution in [0.4, 0.5) is 5.82 Å². The van der Waals surface area contributed by atoms with Gasteiger partial charge >= 0.3 is 0 Å². The Balaban J connectivity index is 1.65. The Bertz CT molecular complexity index is 704. The summed E-state index contributed by atoms with van der Waals surface area (Å²) < 4.78 is 0. The minimum atomic E-state index is 0.0310. The van der Waals surface area contributed by atoms with E-state index in [1.165, 1.54) is 0 Å². The fraction of sp³-hybridized carbons (Fsp3) is 0.389. The van der Waals surface area contributed by atoms with Crippen molar-refractivity contribution in [3.63, 3.8) is 0 Å². The highest BCUT2D eigenvalue weighted by Gasteiger charge is 2.30. The van der Waals surface area contributed by atoms with Crippen molar-refractivity contribution in [2.24, 2.45) is 0 Å². The van der Waals surface area contributed by atoms with Crippen molar-refractivity contribution in [1.29, 1.82) is 0 Å². The van der Waals surface area contributed by atoms with Crippen molar-refractivity contribution in [2.75, 3.05) is 18.9 Å². The number of rotatable bonds is 5. The molecule has 1 aliphatic rings. The van der Waals surface area contributed by atoms with Crippen molar-refractivity contribution >= 4 is 23.3 Å². The van der Waals surface area contributed by atoms with Crippen LogP contribution in [0.25, 0.3) is 0 Å². The topological polar surface area (TPSA) is 58.1 Å². The van der Waals surface area contributed by atoms with E-state index in [0.29, 0.717) is 11.4 Å². The average molecular weight is 345 g/mol. The van der Waals surface area contributed by atoms with E-state index in [4.69, 9.17) is 11.6 Å². The van der Waals surface area contributed by atoms with Crippen LogP contribution in [0.2, 0.25) is 5.02 Å². The Kier molecular flexibility index (Phi) is 5.30. The van der Waals surface area contributed by atoms with Gasteiger partial charge in [0.2, 0.25) is 5.91 Å². The predicted molar refractivity (Wildman–Crippen MR) is 95.0 cm³/mol. The van der Waals surface area contributed by atoms with Gasteiger partial charge in [-0.25, -0.2) is 4.98 Å². The molecule has 1 amide bonds. The Labute approximate surface area is 147 Å². The van der Waals surface area contributed by atoms with E-state index in [1.54, 1.807) is 12.4 Å². The van der Waals surface area contributed by atoms with Crippen molar-refractivity contribution in [1.82, 2.24) is 14.9 Å². The van der Waals surface area contributed by atoms with E-state index in [2.05, 4.69) is 15.3 Å². The van der Waals surface area contributed by atoms with Crippen LogP contribution in [0.3, 0.4) is 0 Å². The summed E-state index contributed by atoms with van der Waals surface area (Å²) in [7, 11) is 1.82. The van der Waals surface area contributed by atoms with Crippen LogP contribution in [0.1, 0.15) is 36.6 Å². The van der Waals surface area contributed by atoms with Crippen LogP contribution in [-0.2, 0) is 11.2 Å². The molecular weight excluding hydrogens is 324 g/mol. The summed E-state index contributed by atoms with van der Waals surface area (Å²) in [6, 6.07) is 7.69. The highest BCUT2D eigenvalue weighted by atomic mass is 35.5. The van der Waals surface area contributed by atoms with Gasteiger partial charge in [-0.1, -0.05) is 23.7 Å². The summed E-state index contributed by atoms with van der Waals surface area (Å²) >= 11 is 5.90. The Hall–Kier alpha value is -2.14. The first-order chi connectivity index (χ1) is 11.7. The smallest absolute Gasteiger partial charge is 0.223 e. The molecule has 5 nitrogen and oxygen atoms in total. The van der Waals surface area contributed by atoms with E-state index in [1.807, 2.05) is 36.2 Å². The maximum atomic E-state index is 12.7. The summed E-state index contributed by atoms with van der Waals surface area (Å²) in [6.45, 7) is 0.787. The molecule has 126 valence electrons. The number of aromatic nitrogens is 2. The molecule has 0 spiro atoms. The molecule has 2 heterocycles. The number of nitrogens with one attached hydrogen (secondary N) is 1. The number of halogens is 1. The number of anilines is 1. The molecule has 0 saturated carbocycles. The highest BCUT2D eigenvalue weighted by Crippen LogP contribution is 2.31. The molecule has 0 radical (unpaired) electrons. The number of carbonyl (C=O) groups is 1. The number of hydrogen-bond acceptors (Lipinski definition) is 4. The van der Waals surface area contributed by atoms with Crippen molar-refractivity contribution in [3.05, 3.63) is 52.9 Å². The second kappa shape index (κ2) is 7.62. The summed E-state index contributed by atoms with van der Waals surface area (Å²) in [6.07, 6.45) is 6.61. The standard InChI is InChI=1S/C18H21ClN4O/c1-20-17-12-21-11-15(22-17)16-3-2-10-23(16)18(24)9-6-13-4-7-14(19)8-5-13/h4-5,7-8,11-12,16H,2-3,6,9-10H2,1H3,(H,20,22)/t16-/m1/s1. The quantitative estimate of drug-likeness (QED) is 0.902. The maximum absolute atomic E-state index is 12.7. The molecule has 0 bridgehead atoms. The number of nitrogens with zero attached hydrogens (tertiary/aromatic N) is 3. The predicted octanol–water partition coefficient (Wildman–Crippen LogP) is 3.47. The summed E-state index contributed by atoms with van der Waals surface area (Å²) in [4.78, 5) is 23.4. The third-order valence-electron chi connectivity index (χ3n) is 4.36. The third-order valence-corrected chi connectivity index (χ3v) is 4.62. The summed E-state index contributed by atoms with van der Waals surface area (Å²) in [5, 5.41) is 3.71. The van der Waals surface area contributed by atoms with Crippen LogP contribution in [0.5, 0.6) is 0 Å². The van der Waals surface area contributed by atoms with Crippen LogP contribution in [0.15, 0.2) is 36.7 Å². The van der Waals surface area contributed by atoms with Gasteiger partial charge in [-0.3, -0.25) is 9.78 Å². The van der Waals surface area contributed by atoms with E-state index < -0.39 is 0 Å². The van der Waals surface area contributed by atoms with E-state index in [9.17, 15) is 4.79 Å². The van der Waals surface area contributed by atoms with Gasteiger partial charge in [-0.15, -0.1) is 0 Å². The number of likely N-dealkylation sites (tertiary alicyclic amines) is 1. The van der Waals surface area contributed by atoms with Crippen LogP contribution < -0.4 is 5.32 Å². The number of amides is 1. The lowest BCUT2D eigenvalue weighted by molar-refractivity contribution is -0.132. The lowest BCUT2D eigenvalue weighted by Crippen LogP contribution is -2.31. The zero-order valence-electron chi connectivity index (χ0n) is 13.7. The fourth-order valence-electron chi connectivity index (χ4n) is 3.08. The average Bonchev–Trinajstić information content (AvgIpc) is 3.11. The minimum Gasteiger partial charge on any atom is -0.372 e. The van der Waals surface area contributed by atoms with Crippen molar-refractivity contribution in [3.8, 4) is 0 Å². The van der Waals surface area contributed by atoms with E-state index in [-0.39, 0.29) is 11.9 Å². The molecule has 24 heavy (non-hydrogen) atoms. The number of hydrogen-bond donors (Lipinski definition) is 1. The molecule has 1 saturated heterocycles. The molecule has 1 N–H and O–H groups in total. The molecule has 1 atom stereocenters. The van der Waals surface area contributed by atoms with Crippen LogP contribution in [-0.4, -0.2) is 34.4 Å². The van der Waals surface area contributed by atoms with Crippen LogP contribution in [0, 0.1) is 0 Å². The molecule has 6 heteroatoms. The minimum absolute atomic E-state index is 0.0310. The van der Waals surface area contributed by atoms with Gasteiger partial charge in [0.15, 0.2) is 0 Å². The van der Waals surface area contributed by atoms with Gasteiger partial charge in [-0.2, -0.15) is 0 Å². The molecule has 3 rings (SSSR count). The van der Waals surface area contributed by atoms with Gasteiger partial charge in [0.25, 0.3) is 0 Å². The van der Waals surface area contributed by atoms with Crippen molar-refractivity contribution < 1.29 is 4.79 Å². The fourth-order valence-corrected chi connectivity index (χ4v) is 3.21. The molecule has 1 aliphatic heterocycles. The van der Waals surface area contributed by atoms with Gasteiger partial charge in [0.05, 0.1) is 24.1 Å². The van der Waals surface area contributed by atoms with Gasteiger partial charge in [-0.05, 0) is 37.0 Å². The zero-order valence-corrected chi connectivity index (χ0v) is 14.5. The lowest BCUT2D eigenvalue weighted by atomic mass is 10.1. The van der Waals surface area contributed by atoms with E-state index >= 15 is 0 Å². The van der Waals surface area contributed by atoms with Crippen LogP contribution >= 0.6 is 11.6 Å². The lowest BCUT2D eigenvalue weighted by Gasteiger charge is -2.24. The van der Waals surface area contributed by atoms with E-state index in [0.717, 1.165) is 42.9 Å². The number of carbonyl (C=O) groups excluding carboxylic acids is 1. The molecule has 2 aromatic rings. The first-order valence-electron chi connectivity index (χ1n) is 8.21. The Morgan fingerprint density at radius 1 is 1.33 bits per heavy atom. The second-order valence-electron chi connectivity index (χ2n) is 5.95. The van der Waals surface area contributed by atoms with Gasteiger partial charge < -0.3 is 10.2 Å². The number of benzene rings is 1. The third kappa shape index (κ3) is 3.85. The summed E-state index contributed by atoms with van der Waals surface area (Å²) in [5.74, 6) is 0.900. The maximum Gasteiger partial charge on any atom is 0.223 e. The summed E-state index contributed by atoms with van der Waals surface area (Å²) in [5.41, 5.74) is 1.99. The van der Waals surface area contributed by atoms with Crippen molar-refractivity contribution in [2.45, 2.75) is 31.7 Å². The first-order valence-corrected chi connectivity index (χ1v) is 8.59. The molecule has 1 fully saturated rings. The highest BCUT2D eigenvalue weighted by molar-refractivity contribution is 6.30. The number of aryl methyl sites for hydroxylation is 1. The van der Waals surface area contributed by atoms with Gasteiger partial charge in [0, 0.05) is 25.0 Å². The second-order valence-corrected chi connectivity index (χ2v) is 6.39.